The lowest BCUT2D eigenvalue weighted by Gasteiger charge is -2.27. The van der Waals surface area contributed by atoms with Crippen LogP contribution in [0.5, 0.6) is 28.7 Å². The summed E-state index contributed by atoms with van der Waals surface area (Å²) < 4.78 is 10.9. The van der Waals surface area contributed by atoms with E-state index >= 15 is 0 Å². The van der Waals surface area contributed by atoms with Gasteiger partial charge in [-0.2, -0.15) is 0 Å². The van der Waals surface area contributed by atoms with E-state index in [1.165, 1.54) is 19.2 Å². The molecule has 6 heteroatoms. The van der Waals surface area contributed by atoms with E-state index in [0.29, 0.717) is 17.7 Å². The predicted octanol–water partition coefficient (Wildman–Crippen LogP) is 2.86. The molecule has 1 aliphatic rings. The molecule has 3 N–H and O–H groups in total. The molecule has 1 heterocycles. The number of rotatable bonds is 3. The molecule has 132 valence electrons. The molecular weight excluding hydrogens is 324 g/mol. The Bertz CT molecular complexity index is 856. The smallest absolute Gasteiger partial charge is 0.177 e. The minimum Gasteiger partial charge on any atom is -0.508 e. The highest BCUT2D eigenvalue weighted by molar-refractivity contribution is 6.05. The highest BCUT2D eigenvalue weighted by atomic mass is 16.5. The van der Waals surface area contributed by atoms with E-state index < -0.39 is 5.92 Å². The second kappa shape index (κ2) is 6.20. The van der Waals surface area contributed by atoms with Gasteiger partial charge in [-0.3, -0.25) is 4.79 Å². The fraction of sp³-hybridized carbons (Fsp3) is 0.316. The van der Waals surface area contributed by atoms with Gasteiger partial charge in [0.05, 0.1) is 19.6 Å². The molecule has 0 saturated carbocycles. The fourth-order valence-electron chi connectivity index (χ4n) is 3.18. The third kappa shape index (κ3) is 2.73. The largest absolute Gasteiger partial charge is 0.508 e. The van der Waals surface area contributed by atoms with E-state index in [0.717, 1.165) is 5.56 Å². The number of fused-ring (bicyclic) bond motifs is 1. The van der Waals surface area contributed by atoms with E-state index in [-0.39, 0.29) is 46.5 Å². The molecule has 3 rings (SSSR count). The van der Waals surface area contributed by atoms with Crippen LogP contribution in [0.1, 0.15) is 27.0 Å². The first kappa shape index (κ1) is 17.0. The van der Waals surface area contributed by atoms with Gasteiger partial charge in [0, 0.05) is 17.2 Å². The fourth-order valence-corrected chi connectivity index (χ4v) is 3.18. The Morgan fingerprint density at radius 1 is 1.16 bits per heavy atom. The van der Waals surface area contributed by atoms with Gasteiger partial charge in [-0.05, 0) is 31.9 Å². The van der Waals surface area contributed by atoms with Gasteiger partial charge in [-0.1, -0.05) is 6.07 Å². The van der Waals surface area contributed by atoms with E-state index in [1.807, 2.05) is 0 Å². The molecule has 0 saturated heterocycles. The number of phenolic OH excluding ortho intramolecular Hbond substituents is 3. The maximum absolute atomic E-state index is 12.9. The van der Waals surface area contributed by atoms with Crippen molar-refractivity contribution in [2.45, 2.75) is 20.3 Å². The minimum absolute atomic E-state index is 0.0669. The zero-order valence-corrected chi connectivity index (χ0v) is 14.3. The van der Waals surface area contributed by atoms with E-state index in [9.17, 15) is 20.1 Å². The minimum atomic E-state index is -0.500. The summed E-state index contributed by atoms with van der Waals surface area (Å²) >= 11 is 0. The van der Waals surface area contributed by atoms with E-state index in [2.05, 4.69) is 0 Å². The Morgan fingerprint density at radius 2 is 1.88 bits per heavy atom. The first-order chi connectivity index (χ1) is 11.8. The zero-order chi connectivity index (χ0) is 18.3. The summed E-state index contributed by atoms with van der Waals surface area (Å²) in [5.74, 6) is -0.245. The molecule has 0 aromatic heterocycles. The number of carbonyl (C=O) groups is 1. The van der Waals surface area contributed by atoms with Gasteiger partial charge in [0.15, 0.2) is 5.78 Å². The molecule has 0 fully saturated rings. The van der Waals surface area contributed by atoms with Crippen LogP contribution in [-0.2, 0) is 6.42 Å². The average molecular weight is 344 g/mol. The Hall–Kier alpha value is -2.89. The number of ether oxygens (including phenoxy) is 2. The molecule has 0 bridgehead atoms. The van der Waals surface area contributed by atoms with Crippen LogP contribution in [0.25, 0.3) is 0 Å². The summed E-state index contributed by atoms with van der Waals surface area (Å²) in [5.41, 5.74) is 1.58. The predicted molar refractivity (Wildman–Crippen MR) is 90.9 cm³/mol. The Labute approximate surface area is 145 Å². The number of benzene rings is 2. The lowest BCUT2D eigenvalue weighted by Crippen LogP contribution is -2.30. The molecule has 0 spiro atoms. The summed E-state index contributed by atoms with van der Waals surface area (Å²) in [6.07, 6.45) is 0.347. The number of aromatic hydroxyl groups is 3. The third-order valence-corrected chi connectivity index (χ3v) is 4.65. The van der Waals surface area contributed by atoms with Crippen LogP contribution in [0.3, 0.4) is 0 Å². The van der Waals surface area contributed by atoms with E-state index in [4.69, 9.17) is 9.47 Å². The second-order valence-electron chi connectivity index (χ2n) is 6.22. The quantitative estimate of drug-likeness (QED) is 0.792. The van der Waals surface area contributed by atoms with Crippen molar-refractivity contribution >= 4 is 5.78 Å². The number of phenols is 3. The highest BCUT2D eigenvalue weighted by Gasteiger charge is 2.35. The zero-order valence-electron chi connectivity index (χ0n) is 14.3. The van der Waals surface area contributed by atoms with Crippen molar-refractivity contribution in [2.75, 3.05) is 13.7 Å². The SMILES string of the molecule is COc1cc(O)ccc1CC1COc2c(C)c(O)c(C)c(O)c2C1=O. The molecule has 25 heavy (non-hydrogen) atoms. The number of hydrogen-bond acceptors (Lipinski definition) is 6. The molecular formula is C19H20O6. The third-order valence-electron chi connectivity index (χ3n) is 4.65. The molecule has 0 amide bonds. The van der Waals surface area contributed by atoms with Gasteiger partial charge in [-0.15, -0.1) is 0 Å². The average Bonchev–Trinajstić information content (AvgIpc) is 2.60. The molecule has 2 aromatic rings. The van der Waals surface area contributed by atoms with Crippen molar-refractivity contribution in [3.63, 3.8) is 0 Å². The first-order valence-corrected chi connectivity index (χ1v) is 7.93. The normalized spacial score (nSPS) is 16.3. The molecule has 2 aromatic carbocycles. The first-order valence-electron chi connectivity index (χ1n) is 7.93. The summed E-state index contributed by atoms with van der Waals surface area (Å²) in [4.78, 5) is 12.9. The number of hydrogen-bond donors (Lipinski definition) is 3. The van der Waals surface area contributed by atoms with Crippen molar-refractivity contribution in [3.05, 3.63) is 40.5 Å². The summed E-state index contributed by atoms with van der Waals surface area (Å²) in [6, 6.07) is 4.72. The van der Waals surface area contributed by atoms with Gasteiger partial charge in [0.1, 0.15) is 34.3 Å². The van der Waals surface area contributed by atoms with Gasteiger partial charge in [0.25, 0.3) is 0 Å². The van der Waals surface area contributed by atoms with Crippen molar-refractivity contribution < 1.29 is 29.6 Å². The lowest BCUT2D eigenvalue weighted by molar-refractivity contribution is 0.0824. The number of carbonyl (C=O) groups excluding carboxylic acids is 1. The number of ketones is 1. The molecule has 6 nitrogen and oxygen atoms in total. The highest BCUT2D eigenvalue weighted by Crippen LogP contribution is 2.45. The molecule has 1 aliphatic heterocycles. The topological polar surface area (TPSA) is 96.2 Å². The molecule has 0 radical (unpaired) electrons. The monoisotopic (exact) mass is 344 g/mol. The van der Waals surface area contributed by atoms with Crippen molar-refractivity contribution in [1.82, 2.24) is 0 Å². The van der Waals surface area contributed by atoms with Gasteiger partial charge in [-0.25, -0.2) is 0 Å². The maximum Gasteiger partial charge on any atom is 0.177 e. The standard InChI is InChI=1S/C19H20O6/c1-9-16(21)10(2)19-15(17(9)22)18(23)12(8-25-19)6-11-4-5-13(20)7-14(11)24-3/h4-5,7,12,20-22H,6,8H2,1-3H3. The van der Waals surface area contributed by atoms with Crippen molar-refractivity contribution in [3.8, 4) is 28.7 Å². The number of methoxy groups -OCH3 is 1. The van der Waals surface area contributed by atoms with Crippen LogP contribution in [0.15, 0.2) is 18.2 Å². The Balaban J connectivity index is 1.98. The second-order valence-corrected chi connectivity index (χ2v) is 6.22. The van der Waals surface area contributed by atoms with Crippen LogP contribution in [0, 0.1) is 19.8 Å². The molecule has 1 unspecified atom stereocenters. The van der Waals surface area contributed by atoms with Crippen LogP contribution in [0.2, 0.25) is 0 Å². The summed E-state index contributed by atoms with van der Waals surface area (Å²) in [6.45, 7) is 3.34. The Morgan fingerprint density at radius 3 is 2.56 bits per heavy atom. The Kier molecular flexibility index (Phi) is 4.20. The van der Waals surface area contributed by atoms with Gasteiger partial charge >= 0.3 is 0 Å². The van der Waals surface area contributed by atoms with Gasteiger partial charge < -0.3 is 24.8 Å². The lowest BCUT2D eigenvalue weighted by atomic mass is 9.86. The van der Waals surface area contributed by atoms with Crippen molar-refractivity contribution in [2.24, 2.45) is 5.92 Å². The number of Topliss-reactive ketones (excluding diaryl/α,β-unsaturated/α-hetero) is 1. The van der Waals surface area contributed by atoms with Gasteiger partial charge in [0.2, 0.25) is 0 Å². The van der Waals surface area contributed by atoms with Crippen LogP contribution < -0.4 is 9.47 Å². The van der Waals surface area contributed by atoms with Crippen LogP contribution in [0.4, 0.5) is 0 Å². The summed E-state index contributed by atoms with van der Waals surface area (Å²) in [5, 5.41) is 29.9. The molecule has 1 atom stereocenters. The van der Waals surface area contributed by atoms with E-state index in [1.54, 1.807) is 19.9 Å². The van der Waals surface area contributed by atoms with Crippen LogP contribution in [-0.4, -0.2) is 34.8 Å². The summed E-state index contributed by atoms with van der Waals surface area (Å²) in [7, 11) is 1.49. The van der Waals surface area contributed by atoms with Crippen LogP contribution >= 0.6 is 0 Å². The maximum atomic E-state index is 12.9. The molecule has 0 aliphatic carbocycles. The van der Waals surface area contributed by atoms with Crippen molar-refractivity contribution in [1.29, 1.82) is 0 Å².